The van der Waals surface area contributed by atoms with Crippen molar-refractivity contribution in [2.24, 2.45) is 0 Å². The van der Waals surface area contributed by atoms with E-state index in [4.69, 9.17) is 0 Å². The topological polar surface area (TPSA) is 0 Å². The summed E-state index contributed by atoms with van der Waals surface area (Å²) in [6.45, 7) is 4.59. The van der Waals surface area contributed by atoms with Gasteiger partial charge in [0.1, 0.15) is 0 Å². The average molecular weight is 355 g/mol. The quantitative estimate of drug-likeness (QED) is 0.250. The van der Waals surface area contributed by atoms with Gasteiger partial charge in [0.2, 0.25) is 0 Å². The van der Waals surface area contributed by atoms with E-state index in [1.807, 2.05) is 0 Å². The number of rotatable bonds is 10. The van der Waals surface area contributed by atoms with Crippen LogP contribution in [0.15, 0.2) is 0 Å². The monoisotopic (exact) mass is 356 g/mol. The van der Waals surface area contributed by atoms with E-state index in [0.717, 1.165) is 0 Å². The van der Waals surface area contributed by atoms with Gasteiger partial charge in [0.15, 0.2) is 0 Å². The van der Waals surface area contributed by atoms with Gasteiger partial charge in [-0.25, -0.2) is 0 Å². The number of unbranched alkanes of at least 4 members (excludes halogenated alkanes) is 6. The first kappa shape index (κ1) is 21.7. The molecule has 15 heavy (non-hydrogen) atoms. The van der Waals surface area contributed by atoms with Crippen molar-refractivity contribution in [2.75, 3.05) is 0 Å². The molecule has 0 heterocycles. The third-order valence-corrected chi connectivity index (χ3v) is 6.45. The fourth-order valence-corrected chi connectivity index (χ4v) is 5.05. The van der Waals surface area contributed by atoms with Gasteiger partial charge < -0.3 is 27.0 Å². The van der Waals surface area contributed by atoms with E-state index in [2.05, 4.69) is 13.8 Å². The van der Waals surface area contributed by atoms with Crippen LogP contribution >= 0.6 is 0 Å². The molecule has 0 amide bonds. The Labute approximate surface area is 121 Å². The summed E-state index contributed by atoms with van der Waals surface area (Å²) in [4.78, 5) is 0. The van der Waals surface area contributed by atoms with Crippen LogP contribution in [0, 0.1) is 0 Å². The molecule has 0 saturated carbocycles. The summed E-state index contributed by atoms with van der Waals surface area (Å²) in [5.41, 5.74) is 0. The van der Waals surface area contributed by atoms with E-state index >= 15 is 0 Å². The van der Waals surface area contributed by atoms with Crippen LogP contribution in [0.3, 0.4) is 0 Å². The van der Waals surface area contributed by atoms with Crippen molar-refractivity contribution in [3.8, 4) is 0 Å². The Hall–Kier alpha value is 1.50. The molecule has 0 aliphatic rings. The zero-order valence-corrected chi connectivity index (χ0v) is 15.1. The van der Waals surface area contributed by atoms with Crippen LogP contribution in [0.5, 0.6) is 0 Å². The van der Waals surface area contributed by atoms with Crippen LogP contribution in [0.2, 0.25) is 8.87 Å². The Morgan fingerprint density at radius 1 is 0.600 bits per heavy atom. The second kappa shape index (κ2) is 20.9. The van der Waals surface area contributed by atoms with E-state index in [9.17, 15) is 0 Å². The minimum atomic E-state index is 0. The Morgan fingerprint density at radius 3 is 1.33 bits per heavy atom. The zero-order chi connectivity index (χ0) is 9.78. The van der Waals surface area contributed by atoms with Gasteiger partial charge in [0.05, 0.1) is 0 Å². The number of hydrogen-bond acceptors (Lipinski definition) is 2. The van der Waals surface area contributed by atoms with Gasteiger partial charge in [-0.2, -0.15) is 0 Å². The Balaban J connectivity index is -0.000000720. The van der Waals surface area contributed by atoms with E-state index < -0.39 is 0 Å². The molecule has 0 bridgehead atoms. The molecule has 0 N–H and O–H groups in total. The molecule has 0 aliphatic carbocycles. The van der Waals surface area contributed by atoms with E-state index in [-0.39, 0.29) is 48.1 Å². The summed E-state index contributed by atoms with van der Waals surface area (Å²) < 4.78 is 3.30. The molecule has 0 spiro atoms. The zero-order valence-electron chi connectivity index (χ0n) is 10.5. The summed E-state index contributed by atoms with van der Waals surface area (Å²) in [7, 11) is 0. The fraction of sp³-hybridized carbons (Fsp3) is 1.00. The van der Waals surface area contributed by atoms with Crippen molar-refractivity contribution in [1.29, 1.82) is 0 Å². The molecule has 0 aromatic carbocycles. The first-order chi connectivity index (χ1) is 6.41. The normalized spacial score (nSPS) is 8.67. The molecule has 0 unspecified atom stereocenters. The maximum atomic E-state index is 2.30. The van der Waals surface area contributed by atoms with Crippen LogP contribution in [-0.4, -0.2) is 21.1 Å². The standard InChI is InChI=1S/2C6H13.2H2S.Sn/c2*1-3-5-6-4-2;;;/h2*1,3-6H2,2H3;2*1H2;/q;;;;+2/p-2. The van der Waals surface area contributed by atoms with Gasteiger partial charge in [-0.15, -0.1) is 0 Å². The summed E-state index contributed by atoms with van der Waals surface area (Å²) >= 11 is 0.104. The summed E-state index contributed by atoms with van der Waals surface area (Å²) in [5.74, 6) is 0. The molecule has 0 radical (unpaired) electrons. The van der Waals surface area contributed by atoms with E-state index in [1.54, 1.807) is 21.7 Å². The van der Waals surface area contributed by atoms with Gasteiger partial charge in [-0.1, -0.05) is 0 Å². The second-order valence-corrected chi connectivity index (χ2v) is 8.15. The van der Waals surface area contributed by atoms with Gasteiger partial charge >= 0.3 is 95.2 Å². The first-order valence-corrected chi connectivity index (χ1v) is 10.2. The SMILES string of the molecule is CCCCC[CH2][Sn+2][CH2]CCCCC.[SH-].[SH-]. The molecule has 0 rings (SSSR count). The molecule has 0 atom stereocenters. The van der Waals surface area contributed by atoms with E-state index in [0.29, 0.717) is 0 Å². The Kier molecular flexibility index (Phi) is 30.2. The molecule has 0 aromatic rings. The Bertz CT molecular complexity index is 79.7. The second-order valence-electron chi connectivity index (χ2n) is 3.87. The largest absolute Gasteiger partial charge is 0.813 e. The van der Waals surface area contributed by atoms with Gasteiger partial charge in [-0.3, -0.25) is 0 Å². The molecule has 0 aliphatic heterocycles. The van der Waals surface area contributed by atoms with Crippen molar-refractivity contribution in [2.45, 2.75) is 74.1 Å². The maximum Gasteiger partial charge on any atom is -0.813 e. The number of thiol groups is 2. The van der Waals surface area contributed by atoms with Crippen LogP contribution < -0.4 is 0 Å². The number of hydrogen-bond donors (Lipinski definition) is 0. The minimum Gasteiger partial charge on any atom is -0.813 e. The Morgan fingerprint density at radius 2 is 1.00 bits per heavy atom. The molecular weight excluding hydrogens is 327 g/mol. The molecule has 3 heteroatoms. The first-order valence-electron chi connectivity index (χ1n) is 6.12. The smallest absolute Gasteiger partial charge is 0.813 e. The average Bonchev–Trinajstić information content (AvgIpc) is 2.16. The van der Waals surface area contributed by atoms with Crippen molar-refractivity contribution >= 4 is 48.1 Å². The van der Waals surface area contributed by atoms with Crippen LogP contribution in [0.25, 0.3) is 0 Å². The van der Waals surface area contributed by atoms with E-state index in [1.165, 1.54) is 38.5 Å². The van der Waals surface area contributed by atoms with Gasteiger partial charge in [0.25, 0.3) is 0 Å². The molecule has 0 nitrogen and oxygen atoms in total. The third-order valence-electron chi connectivity index (χ3n) is 2.41. The fourth-order valence-electron chi connectivity index (χ4n) is 1.48. The van der Waals surface area contributed by atoms with Crippen molar-refractivity contribution in [1.82, 2.24) is 0 Å². The van der Waals surface area contributed by atoms with Gasteiger partial charge in [0, 0.05) is 0 Å². The third kappa shape index (κ3) is 21.4. The summed E-state index contributed by atoms with van der Waals surface area (Å²) in [6.07, 6.45) is 11.8. The summed E-state index contributed by atoms with van der Waals surface area (Å²) in [6, 6.07) is 0. The van der Waals surface area contributed by atoms with Gasteiger partial charge in [-0.05, 0) is 0 Å². The predicted octanol–water partition coefficient (Wildman–Crippen LogP) is 4.15. The molecule has 0 saturated heterocycles. The minimum absolute atomic E-state index is 0. The molecule has 92 valence electrons. The van der Waals surface area contributed by atoms with Crippen LogP contribution in [0.4, 0.5) is 0 Å². The van der Waals surface area contributed by atoms with Crippen molar-refractivity contribution in [3.05, 3.63) is 0 Å². The predicted molar refractivity (Wildman–Crippen MR) is 81.2 cm³/mol. The molecular formula is C12H28S2Sn. The van der Waals surface area contributed by atoms with Crippen molar-refractivity contribution in [3.63, 3.8) is 0 Å². The molecule has 0 aromatic heterocycles. The maximum absolute atomic E-state index is 2.30. The van der Waals surface area contributed by atoms with Crippen molar-refractivity contribution < 1.29 is 0 Å². The molecule has 0 fully saturated rings. The van der Waals surface area contributed by atoms with Crippen LogP contribution in [0.1, 0.15) is 65.2 Å². The van der Waals surface area contributed by atoms with Crippen LogP contribution in [-0.2, 0) is 27.0 Å². The summed E-state index contributed by atoms with van der Waals surface area (Å²) in [5, 5.41) is 0.